The van der Waals surface area contributed by atoms with E-state index in [0.717, 1.165) is 11.1 Å². The third-order valence-corrected chi connectivity index (χ3v) is 4.26. The lowest BCUT2D eigenvalue weighted by Gasteiger charge is -2.13. The lowest BCUT2D eigenvalue weighted by atomic mass is 10.1. The van der Waals surface area contributed by atoms with Crippen molar-refractivity contribution in [1.82, 2.24) is 5.32 Å². The van der Waals surface area contributed by atoms with Crippen LogP contribution in [0.25, 0.3) is 11.1 Å². The monoisotopic (exact) mass is 394 g/mol. The molecule has 3 rings (SSSR count). The molecule has 3 aromatic carbocycles. The molecule has 0 unspecified atom stereocenters. The van der Waals surface area contributed by atoms with Gasteiger partial charge in [-0.3, -0.25) is 4.79 Å². The van der Waals surface area contributed by atoms with Crippen LogP contribution in [-0.4, -0.2) is 25.8 Å². The first-order valence-electron chi connectivity index (χ1n) is 8.59. The fourth-order valence-corrected chi connectivity index (χ4v) is 2.81. The average molecular weight is 395 g/mol. The number of benzene rings is 3. The molecule has 3 aromatic rings. The Morgan fingerprint density at radius 2 is 1.71 bits per heavy atom. The predicted molar refractivity (Wildman–Crippen MR) is 111 cm³/mol. The summed E-state index contributed by atoms with van der Waals surface area (Å²) in [5.41, 5.74) is 2.67. The van der Waals surface area contributed by atoms with Crippen LogP contribution in [0, 0.1) is 0 Å². The third kappa shape index (κ3) is 4.50. The van der Waals surface area contributed by atoms with E-state index in [2.05, 4.69) is 10.5 Å². The molecule has 0 fully saturated rings. The van der Waals surface area contributed by atoms with Crippen LogP contribution in [0.1, 0.15) is 5.56 Å². The summed E-state index contributed by atoms with van der Waals surface area (Å²) in [5, 5.41) is 7.10. The highest BCUT2D eigenvalue weighted by Gasteiger charge is 2.18. The highest BCUT2D eigenvalue weighted by Crippen LogP contribution is 2.30. The second kappa shape index (κ2) is 9.06. The molecule has 1 amide bonds. The van der Waals surface area contributed by atoms with Gasteiger partial charge in [-0.25, -0.2) is 0 Å². The molecule has 0 aromatic heterocycles. The van der Waals surface area contributed by atoms with Crippen LogP contribution in [0.2, 0.25) is 5.02 Å². The summed E-state index contributed by atoms with van der Waals surface area (Å²) in [4.78, 5) is 17.0. The lowest BCUT2D eigenvalue weighted by molar-refractivity contribution is -0.114. The van der Waals surface area contributed by atoms with E-state index in [4.69, 9.17) is 21.2 Å². The second-order valence-corrected chi connectivity index (χ2v) is 6.27. The van der Waals surface area contributed by atoms with E-state index in [1.807, 2.05) is 54.6 Å². The van der Waals surface area contributed by atoms with E-state index < -0.39 is 0 Å². The Morgan fingerprint density at radius 1 is 0.964 bits per heavy atom. The molecule has 0 heterocycles. The van der Waals surface area contributed by atoms with Crippen molar-refractivity contribution in [3.8, 4) is 22.6 Å². The number of oxime groups is 1. The highest BCUT2D eigenvalue weighted by atomic mass is 35.5. The fourth-order valence-electron chi connectivity index (χ4n) is 2.68. The molecule has 5 nitrogen and oxygen atoms in total. The third-order valence-electron chi connectivity index (χ3n) is 4.01. The minimum absolute atomic E-state index is 0.134. The maximum Gasteiger partial charge on any atom is 0.273 e. The lowest BCUT2D eigenvalue weighted by Crippen LogP contribution is -2.28. The van der Waals surface area contributed by atoms with Gasteiger partial charge in [0.2, 0.25) is 0 Å². The first-order chi connectivity index (χ1) is 13.6. The Bertz CT molecular complexity index is 1000. The molecule has 0 aliphatic carbocycles. The van der Waals surface area contributed by atoms with E-state index in [9.17, 15) is 4.79 Å². The van der Waals surface area contributed by atoms with Crippen molar-refractivity contribution in [1.29, 1.82) is 0 Å². The minimum atomic E-state index is -0.368. The van der Waals surface area contributed by atoms with Crippen molar-refractivity contribution in [2.24, 2.45) is 5.16 Å². The van der Waals surface area contributed by atoms with Crippen LogP contribution >= 0.6 is 11.6 Å². The molecule has 6 heteroatoms. The Labute approximate surface area is 168 Å². The maximum atomic E-state index is 12.2. The number of halogens is 1. The Kier molecular flexibility index (Phi) is 6.29. The van der Waals surface area contributed by atoms with E-state index in [-0.39, 0.29) is 11.6 Å². The number of carbonyl (C=O) groups is 1. The molecule has 0 aliphatic rings. The van der Waals surface area contributed by atoms with Crippen molar-refractivity contribution in [2.45, 2.75) is 0 Å². The molecule has 28 heavy (non-hydrogen) atoms. The summed E-state index contributed by atoms with van der Waals surface area (Å²) in [7, 11) is 2.93. The maximum absolute atomic E-state index is 12.2. The van der Waals surface area contributed by atoms with E-state index >= 15 is 0 Å². The largest absolute Gasteiger partial charge is 0.457 e. The highest BCUT2D eigenvalue weighted by molar-refractivity contribution is 6.45. The smallest absolute Gasteiger partial charge is 0.273 e. The van der Waals surface area contributed by atoms with Crippen LogP contribution in [-0.2, 0) is 9.63 Å². The summed E-state index contributed by atoms with van der Waals surface area (Å²) in [5.74, 6) is 0.761. The van der Waals surface area contributed by atoms with Crippen LogP contribution in [0.3, 0.4) is 0 Å². The number of amides is 1. The molecule has 0 spiro atoms. The number of carbonyl (C=O) groups excluding carboxylic acids is 1. The van der Waals surface area contributed by atoms with Crippen LogP contribution < -0.4 is 10.1 Å². The Balaban J connectivity index is 1.95. The number of hydrogen-bond acceptors (Lipinski definition) is 4. The van der Waals surface area contributed by atoms with Gasteiger partial charge in [-0.2, -0.15) is 0 Å². The summed E-state index contributed by atoms with van der Waals surface area (Å²) < 4.78 is 6.07. The second-order valence-electron chi connectivity index (χ2n) is 5.83. The average Bonchev–Trinajstić information content (AvgIpc) is 2.73. The molecule has 0 saturated carbocycles. The van der Waals surface area contributed by atoms with E-state index in [1.165, 1.54) is 14.2 Å². The van der Waals surface area contributed by atoms with Gasteiger partial charge in [0.15, 0.2) is 5.71 Å². The van der Waals surface area contributed by atoms with Gasteiger partial charge in [0.25, 0.3) is 5.91 Å². The molecule has 0 saturated heterocycles. The summed E-state index contributed by atoms with van der Waals surface area (Å²) >= 11 is 5.97. The van der Waals surface area contributed by atoms with Crippen LogP contribution in [0.15, 0.2) is 78.0 Å². The number of ether oxygens (including phenoxy) is 1. The first kappa shape index (κ1) is 19.5. The summed E-state index contributed by atoms with van der Waals surface area (Å²) in [6.07, 6.45) is 0. The topological polar surface area (TPSA) is 59.9 Å². The van der Waals surface area contributed by atoms with E-state index in [1.54, 1.807) is 18.2 Å². The molecule has 142 valence electrons. The predicted octanol–water partition coefficient (Wildman–Crippen LogP) is 4.90. The molecule has 0 atom stereocenters. The van der Waals surface area contributed by atoms with Crippen LogP contribution in [0.4, 0.5) is 0 Å². The van der Waals surface area contributed by atoms with Crippen LogP contribution in [0.5, 0.6) is 11.5 Å². The summed E-state index contributed by atoms with van der Waals surface area (Å²) in [6.45, 7) is 0. The van der Waals surface area contributed by atoms with Crippen molar-refractivity contribution in [3.05, 3.63) is 83.4 Å². The molecule has 0 aliphatic heterocycles. The van der Waals surface area contributed by atoms with Gasteiger partial charge < -0.3 is 14.9 Å². The minimum Gasteiger partial charge on any atom is -0.457 e. The van der Waals surface area contributed by atoms with Crippen molar-refractivity contribution >= 4 is 23.2 Å². The SMILES string of the molecule is CNC(=O)/C(=N\OC)c1ccccc1Oc1cccc(-c2ccc(Cl)cc2)c1. The molecular formula is C22H19ClN2O3. The molecule has 0 bridgehead atoms. The van der Waals surface area contributed by atoms with Gasteiger partial charge in [-0.15, -0.1) is 0 Å². The van der Waals surface area contributed by atoms with Gasteiger partial charge >= 0.3 is 0 Å². The van der Waals surface area contributed by atoms with Gasteiger partial charge in [0.05, 0.1) is 5.56 Å². The molecule has 1 N–H and O–H groups in total. The number of likely N-dealkylation sites (N-methyl/N-ethyl adjacent to an activating group) is 1. The first-order valence-corrected chi connectivity index (χ1v) is 8.96. The zero-order chi connectivity index (χ0) is 19.9. The molecular weight excluding hydrogens is 376 g/mol. The van der Waals surface area contributed by atoms with Gasteiger partial charge in [-0.05, 0) is 47.5 Å². The Morgan fingerprint density at radius 3 is 2.43 bits per heavy atom. The van der Waals surface area contributed by atoms with Gasteiger partial charge in [0.1, 0.15) is 18.6 Å². The fraction of sp³-hybridized carbons (Fsp3) is 0.0909. The van der Waals surface area contributed by atoms with Crippen molar-refractivity contribution in [3.63, 3.8) is 0 Å². The number of nitrogens with zero attached hydrogens (tertiary/aromatic N) is 1. The zero-order valence-electron chi connectivity index (χ0n) is 15.5. The van der Waals surface area contributed by atoms with Crippen molar-refractivity contribution < 1.29 is 14.4 Å². The van der Waals surface area contributed by atoms with Crippen molar-refractivity contribution in [2.75, 3.05) is 14.2 Å². The molecule has 0 radical (unpaired) electrons. The number of nitrogens with one attached hydrogen (secondary N) is 1. The van der Waals surface area contributed by atoms with Gasteiger partial charge in [-0.1, -0.05) is 53.2 Å². The number of rotatable bonds is 6. The normalized spacial score (nSPS) is 11.0. The summed E-state index contributed by atoms with van der Waals surface area (Å²) in [6, 6.07) is 22.4. The number of hydrogen-bond donors (Lipinski definition) is 1. The van der Waals surface area contributed by atoms with E-state index in [0.29, 0.717) is 22.1 Å². The Hall–Kier alpha value is -3.31. The standard InChI is InChI=1S/C22H19ClN2O3/c1-24-22(26)21(25-27-2)19-8-3-4-9-20(19)28-18-7-5-6-16(14-18)15-10-12-17(23)13-11-15/h3-14H,1-2H3,(H,24,26)/b25-21-. The van der Waals surface area contributed by atoms with Gasteiger partial charge in [0, 0.05) is 12.1 Å². The quantitative estimate of drug-likeness (QED) is 0.478. The number of para-hydroxylation sites is 1. The zero-order valence-corrected chi connectivity index (χ0v) is 16.2.